The second-order valence-corrected chi connectivity index (χ2v) is 3.58. The fraction of sp³-hybridized carbons (Fsp3) is 0.0909. The number of thiophene rings is 1. The van der Waals surface area contributed by atoms with E-state index in [1.807, 2.05) is 43.3 Å². The van der Waals surface area contributed by atoms with Crippen molar-refractivity contribution in [2.45, 2.75) is 6.92 Å². The van der Waals surface area contributed by atoms with Gasteiger partial charge in [0.05, 0.1) is 0 Å². The van der Waals surface area contributed by atoms with Crippen molar-refractivity contribution in [2.24, 2.45) is 0 Å². The van der Waals surface area contributed by atoms with E-state index < -0.39 is 0 Å². The minimum Gasteiger partial charge on any atom is -0.446 e. The minimum atomic E-state index is 0.884. The van der Waals surface area contributed by atoms with Crippen molar-refractivity contribution in [2.75, 3.05) is 0 Å². The molecule has 2 rings (SSSR count). The van der Waals surface area contributed by atoms with Crippen LogP contribution in [0.25, 0.3) is 0 Å². The molecular formula is C11H9OS. The first kappa shape index (κ1) is 8.32. The van der Waals surface area contributed by atoms with E-state index in [9.17, 15) is 0 Å². The molecule has 2 aromatic rings. The van der Waals surface area contributed by atoms with Crippen molar-refractivity contribution >= 4 is 11.3 Å². The third kappa shape index (κ3) is 1.90. The number of ether oxygens (including phenoxy) is 1. The average Bonchev–Trinajstić information content (AvgIpc) is 2.61. The number of para-hydroxylation sites is 1. The van der Waals surface area contributed by atoms with Gasteiger partial charge in [-0.1, -0.05) is 29.5 Å². The lowest BCUT2D eigenvalue weighted by Crippen LogP contribution is -1.83. The zero-order valence-electron chi connectivity index (χ0n) is 7.28. The van der Waals surface area contributed by atoms with Crippen LogP contribution in [0.15, 0.2) is 36.4 Å². The lowest BCUT2D eigenvalue weighted by molar-refractivity contribution is 0.492. The summed E-state index contributed by atoms with van der Waals surface area (Å²) in [6.07, 6.45) is 0. The first-order chi connectivity index (χ1) is 6.36. The molecule has 65 valence electrons. The molecule has 0 aliphatic heterocycles. The SMILES string of the molecule is Cc1ccccc1Oc1cc[c]s1. The van der Waals surface area contributed by atoms with Crippen LogP contribution in [0.4, 0.5) is 0 Å². The maximum Gasteiger partial charge on any atom is 0.181 e. The molecule has 13 heavy (non-hydrogen) atoms. The van der Waals surface area contributed by atoms with E-state index in [-0.39, 0.29) is 0 Å². The van der Waals surface area contributed by atoms with Crippen LogP contribution in [-0.4, -0.2) is 0 Å². The van der Waals surface area contributed by atoms with E-state index in [1.54, 1.807) is 0 Å². The third-order valence-electron chi connectivity index (χ3n) is 1.75. The van der Waals surface area contributed by atoms with E-state index in [0.717, 1.165) is 16.4 Å². The molecule has 0 amide bonds. The normalized spacial score (nSPS) is 9.92. The summed E-state index contributed by atoms with van der Waals surface area (Å²) in [5, 5.41) is 3.87. The third-order valence-corrected chi connectivity index (χ3v) is 2.43. The van der Waals surface area contributed by atoms with E-state index in [4.69, 9.17) is 4.74 Å². The monoisotopic (exact) mass is 189 g/mol. The fourth-order valence-electron chi connectivity index (χ4n) is 1.06. The molecule has 2 heteroatoms. The van der Waals surface area contributed by atoms with Crippen molar-refractivity contribution in [3.05, 3.63) is 47.3 Å². The molecule has 0 aliphatic carbocycles. The Balaban J connectivity index is 2.24. The van der Waals surface area contributed by atoms with E-state index >= 15 is 0 Å². The van der Waals surface area contributed by atoms with Crippen LogP contribution < -0.4 is 4.74 Å². The summed E-state index contributed by atoms with van der Waals surface area (Å²) >= 11 is 1.48. The van der Waals surface area contributed by atoms with Crippen LogP contribution >= 0.6 is 11.3 Å². The summed E-state index contributed by atoms with van der Waals surface area (Å²) < 4.78 is 5.64. The van der Waals surface area contributed by atoms with Crippen molar-refractivity contribution in [1.29, 1.82) is 0 Å². The van der Waals surface area contributed by atoms with Crippen LogP contribution in [0.5, 0.6) is 10.8 Å². The largest absolute Gasteiger partial charge is 0.446 e. The van der Waals surface area contributed by atoms with Gasteiger partial charge in [0.2, 0.25) is 0 Å². The van der Waals surface area contributed by atoms with Gasteiger partial charge in [-0.25, -0.2) is 0 Å². The van der Waals surface area contributed by atoms with Crippen molar-refractivity contribution in [3.8, 4) is 10.8 Å². The molecule has 1 aromatic carbocycles. The summed E-state index contributed by atoms with van der Waals surface area (Å²) in [7, 11) is 0. The molecule has 1 nitrogen and oxygen atoms in total. The van der Waals surface area contributed by atoms with Crippen LogP contribution in [0.2, 0.25) is 0 Å². The smallest absolute Gasteiger partial charge is 0.181 e. The highest BCUT2D eigenvalue weighted by Crippen LogP contribution is 2.27. The van der Waals surface area contributed by atoms with Gasteiger partial charge in [0.15, 0.2) is 5.06 Å². The Kier molecular flexibility index (Phi) is 2.32. The Morgan fingerprint density at radius 1 is 1.23 bits per heavy atom. The molecule has 1 aromatic heterocycles. The Morgan fingerprint density at radius 3 is 2.77 bits per heavy atom. The zero-order chi connectivity index (χ0) is 9.10. The molecule has 1 heterocycles. The van der Waals surface area contributed by atoms with Gasteiger partial charge >= 0.3 is 0 Å². The Hall–Kier alpha value is -1.28. The number of hydrogen-bond acceptors (Lipinski definition) is 2. The molecular weight excluding hydrogens is 180 g/mol. The van der Waals surface area contributed by atoms with Gasteiger partial charge in [-0.2, -0.15) is 0 Å². The van der Waals surface area contributed by atoms with E-state index in [1.165, 1.54) is 11.3 Å². The first-order valence-electron chi connectivity index (χ1n) is 4.05. The maximum atomic E-state index is 5.64. The molecule has 1 radical (unpaired) electrons. The highest BCUT2D eigenvalue weighted by Gasteiger charge is 1.99. The highest BCUT2D eigenvalue weighted by atomic mass is 32.1. The van der Waals surface area contributed by atoms with Gasteiger partial charge in [-0.15, -0.1) is 0 Å². The van der Waals surface area contributed by atoms with Gasteiger partial charge in [0, 0.05) is 5.38 Å². The first-order valence-corrected chi connectivity index (χ1v) is 4.87. The lowest BCUT2D eigenvalue weighted by atomic mass is 10.2. The molecule has 0 unspecified atom stereocenters. The summed E-state index contributed by atoms with van der Waals surface area (Å²) in [5.41, 5.74) is 1.15. The topological polar surface area (TPSA) is 9.23 Å². The molecule has 0 atom stereocenters. The zero-order valence-corrected chi connectivity index (χ0v) is 8.10. The standard InChI is InChI=1S/C11H9OS/c1-9-5-2-3-6-10(9)12-11-7-4-8-13-11/h2-7H,1H3. The Morgan fingerprint density at radius 2 is 2.08 bits per heavy atom. The minimum absolute atomic E-state index is 0.884. The van der Waals surface area contributed by atoms with Crippen LogP contribution in [-0.2, 0) is 0 Å². The van der Waals surface area contributed by atoms with Crippen molar-refractivity contribution in [1.82, 2.24) is 0 Å². The predicted octanol–water partition coefficient (Wildman–Crippen LogP) is 3.65. The Bertz CT molecular complexity index is 379. The molecule has 0 N–H and O–H groups in total. The number of benzene rings is 1. The second-order valence-electron chi connectivity index (χ2n) is 2.74. The lowest BCUT2D eigenvalue weighted by Gasteiger charge is -2.04. The molecule has 0 saturated carbocycles. The molecule has 0 bridgehead atoms. The second kappa shape index (κ2) is 3.62. The highest BCUT2D eigenvalue weighted by molar-refractivity contribution is 7.11. The van der Waals surface area contributed by atoms with Crippen LogP contribution in [0.1, 0.15) is 5.56 Å². The predicted molar refractivity (Wildman–Crippen MR) is 54.4 cm³/mol. The van der Waals surface area contributed by atoms with Gasteiger partial charge in [0.25, 0.3) is 0 Å². The number of rotatable bonds is 2. The summed E-state index contributed by atoms with van der Waals surface area (Å²) in [5.74, 6) is 0.915. The van der Waals surface area contributed by atoms with Gasteiger partial charge < -0.3 is 4.74 Å². The summed E-state index contributed by atoms with van der Waals surface area (Å²) in [6.45, 7) is 2.03. The van der Waals surface area contributed by atoms with Gasteiger partial charge in [-0.05, 0) is 30.7 Å². The van der Waals surface area contributed by atoms with Gasteiger partial charge in [0.1, 0.15) is 5.75 Å². The maximum absolute atomic E-state index is 5.64. The van der Waals surface area contributed by atoms with Crippen molar-refractivity contribution < 1.29 is 4.74 Å². The summed E-state index contributed by atoms with van der Waals surface area (Å²) in [4.78, 5) is 0. The van der Waals surface area contributed by atoms with Gasteiger partial charge in [-0.3, -0.25) is 0 Å². The molecule has 0 saturated heterocycles. The number of aryl methyl sites for hydroxylation is 1. The molecule has 0 fully saturated rings. The Labute approximate surface area is 81.6 Å². The van der Waals surface area contributed by atoms with Crippen LogP contribution in [0.3, 0.4) is 0 Å². The van der Waals surface area contributed by atoms with Crippen LogP contribution in [0, 0.1) is 12.3 Å². The van der Waals surface area contributed by atoms with E-state index in [0.29, 0.717) is 0 Å². The molecule has 0 spiro atoms. The quantitative estimate of drug-likeness (QED) is 0.700. The van der Waals surface area contributed by atoms with E-state index in [2.05, 4.69) is 5.38 Å². The average molecular weight is 189 g/mol. The fourth-order valence-corrected chi connectivity index (χ4v) is 1.58. The number of hydrogen-bond donors (Lipinski definition) is 0. The summed E-state index contributed by atoms with van der Waals surface area (Å²) in [6, 6.07) is 11.7. The van der Waals surface area contributed by atoms with Crippen molar-refractivity contribution in [3.63, 3.8) is 0 Å². The molecule has 0 aliphatic rings.